The summed E-state index contributed by atoms with van der Waals surface area (Å²) in [5.41, 5.74) is 0.412. The van der Waals surface area contributed by atoms with Gasteiger partial charge in [-0.15, -0.1) is 0 Å². The highest BCUT2D eigenvalue weighted by Crippen LogP contribution is 2.47. The van der Waals surface area contributed by atoms with E-state index in [4.69, 9.17) is 4.74 Å². The number of rotatable bonds is 5. The molecule has 1 aliphatic carbocycles. The summed E-state index contributed by atoms with van der Waals surface area (Å²) in [5.74, 6) is 1.21. The van der Waals surface area contributed by atoms with E-state index in [2.05, 4.69) is 5.32 Å². The van der Waals surface area contributed by atoms with Gasteiger partial charge in [-0.3, -0.25) is 4.79 Å². The molecule has 1 saturated heterocycles. The van der Waals surface area contributed by atoms with Crippen LogP contribution in [-0.4, -0.2) is 39.5 Å². The molecular formula is C17H23NO4S. The largest absolute Gasteiger partial charge is 0.496 e. The summed E-state index contributed by atoms with van der Waals surface area (Å²) in [5, 5.41) is 3.00. The van der Waals surface area contributed by atoms with Crippen molar-refractivity contribution >= 4 is 15.7 Å². The number of carbonyl (C=O) groups excluding carboxylic acids is 1. The van der Waals surface area contributed by atoms with E-state index in [-0.39, 0.29) is 23.3 Å². The minimum absolute atomic E-state index is 0.00227. The number of methoxy groups -OCH3 is 1. The van der Waals surface area contributed by atoms with Gasteiger partial charge in [0.15, 0.2) is 9.84 Å². The fourth-order valence-electron chi connectivity index (χ4n) is 3.63. The number of ether oxygens (including phenoxy) is 1. The molecule has 0 bridgehead atoms. The van der Waals surface area contributed by atoms with Gasteiger partial charge in [-0.1, -0.05) is 24.6 Å². The lowest BCUT2D eigenvalue weighted by Gasteiger charge is -2.41. The fourth-order valence-corrected chi connectivity index (χ4v) is 5.49. The first-order chi connectivity index (χ1) is 11.0. The number of amides is 1. The van der Waals surface area contributed by atoms with Gasteiger partial charge in [-0.05, 0) is 31.2 Å². The van der Waals surface area contributed by atoms with E-state index in [0.29, 0.717) is 13.0 Å². The molecule has 2 aliphatic rings. The van der Waals surface area contributed by atoms with Gasteiger partial charge in [-0.2, -0.15) is 0 Å². The van der Waals surface area contributed by atoms with E-state index in [1.165, 1.54) is 0 Å². The maximum Gasteiger partial charge on any atom is 0.230 e. The van der Waals surface area contributed by atoms with Gasteiger partial charge in [0.05, 0.1) is 24.0 Å². The van der Waals surface area contributed by atoms with E-state index in [0.717, 1.165) is 30.6 Å². The Bertz CT molecular complexity index is 694. The summed E-state index contributed by atoms with van der Waals surface area (Å²) in [6, 6.07) is 7.66. The Labute approximate surface area is 137 Å². The molecular weight excluding hydrogens is 314 g/mol. The van der Waals surface area contributed by atoms with E-state index >= 15 is 0 Å². The number of benzene rings is 1. The molecule has 1 heterocycles. The molecule has 1 aromatic carbocycles. The van der Waals surface area contributed by atoms with Gasteiger partial charge in [0.25, 0.3) is 0 Å². The summed E-state index contributed by atoms with van der Waals surface area (Å²) < 4.78 is 28.5. The summed E-state index contributed by atoms with van der Waals surface area (Å²) in [6.45, 7) is 0.439. The van der Waals surface area contributed by atoms with Crippen LogP contribution in [0.1, 0.15) is 31.2 Å². The molecule has 1 aliphatic heterocycles. The Morgan fingerprint density at radius 3 is 2.65 bits per heavy atom. The quantitative estimate of drug-likeness (QED) is 0.887. The van der Waals surface area contributed by atoms with E-state index in [1.54, 1.807) is 7.11 Å². The van der Waals surface area contributed by atoms with Crippen molar-refractivity contribution in [1.29, 1.82) is 0 Å². The molecule has 0 radical (unpaired) electrons. The number of sulfone groups is 1. The zero-order chi connectivity index (χ0) is 16.5. The average molecular weight is 337 g/mol. The van der Waals surface area contributed by atoms with Crippen molar-refractivity contribution < 1.29 is 17.9 Å². The van der Waals surface area contributed by atoms with E-state index in [9.17, 15) is 13.2 Å². The molecule has 1 N–H and O–H groups in total. The van der Waals surface area contributed by atoms with Gasteiger partial charge in [0, 0.05) is 12.1 Å². The van der Waals surface area contributed by atoms with E-state index in [1.807, 2.05) is 24.3 Å². The highest BCUT2D eigenvalue weighted by molar-refractivity contribution is 7.91. The number of carbonyl (C=O) groups is 1. The van der Waals surface area contributed by atoms with E-state index < -0.39 is 15.3 Å². The van der Waals surface area contributed by atoms with Crippen LogP contribution >= 0.6 is 0 Å². The van der Waals surface area contributed by atoms with Crippen LogP contribution in [0, 0.1) is 5.92 Å². The van der Waals surface area contributed by atoms with Crippen LogP contribution in [-0.2, 0) is 20.0 Å². The highest BCUT2D eigenvalue weighted by Gasteiger charge is 2.47. The average Bonchev–Trinajstić information content (AvgIpc) is 2.84. The highest BCUT2D eigenvalue weighted by atomic mass is 32.2. The summed E-state index contributed by atoms with van der Waals surface area (Å²) >= 11 is 0. The summed E-state index contributed by atoms with van der Waals surface area (Å²) in [7, 11) is -1.29. The maximum atomic E-state index is 12.8. The second-order valence-corrected chi connectivity index (χ2v) is 8.84. The number of nitrogens with one attached hydrogen (secondary N) is 1. The van der Waals surface area contributed by atoms with Crippen LogP contribution < -0.4 is 10.1 Å². The van der Waals surface area contributed by atoms with Crippen LogP contribution in [0.4, 0.5) is 0 Å². The van der Waals surface area contributed by atoms with Crippen LogP contribution in [0.3, 0.4) is 0 Å². The van der Waals surface area contributed by atoms with Gasteiger partial charge in [0.2, 0.25) is 5.91 Å². The van der Waals surface area contributed by atoms with Crippen molar-refractivity contribution in [3.63, 3.8) is 0 Å². The Kier molecular flexibility index (Phi) is 4.36. The predicted octanol–water partition coefficient (Wildman–Crippen LogP) is 1.67. The number of hydrogen-bond donors (Lipinski definition) is 1. The molecule has 6 heteroatoms. The zero-order valence-corrected chi connectivity index (χ0v) is 14.2. The first-order valence-electron chi connectivity index (χ1n) is 8.09. The molecule has 1 aromatic rings. The van der Waals surface area contributed by atoms with Crippen molar-refractivity contribution in [2.45, 2.75) is 31.1 Å². The van der Waals surface area contributed by atoms with Crippen molar-refractivity contribution in [3.8, 4) is 5.75 Å². The lowest BCUT2D eigenvalue weighted by Crippen LogP contribution is -2.50. The number of hydrogen-bond acceptors (Lipinski definition) is 4. The number of para-hydroxylation sites is 1. The smallest absolute Gasteiger partial charge is 0.230 e. The topological polar surface area (TPSA) is 72.5 Å². The third-order valence-corrected chi connectivity index (χ3v) is 6.98. The Morgan fingerprint density at radius 2 is 2.09 bits per heavy atom. The Balaban J connectivity index is 1.72. The Hall–Kier alpha value is -1.56. The predicted molar refractivity (Wildman–Crippen MR) is 88.3 cm³/mol. The van der Waals surface area contributed by atoms with Gasteiger partial charge < -0.3 is 10.1 Å². The third kappa shape index (κ3) is 3.09. The second kappa shape index (κ2) is 6.15. The lowest BCUT2D eigenvalue weighted by atomic mass is 9.63. The minimum atomic E-state index is -2.90. The molecule has 126 valence electrons. The van der Waals surface area contributed by atoms with Gasteiger partial charge in [0.1, 0.15) is 5.75 Å². The first kappa shape index (κ1) is 16.3. The third-order valence-electron chi connectivity index (χ3n) is 5.14. The van der Waals surface area contributed by atoms with Crippen LogP contribution in [0.5, 0.6) is 5.75 Å². The Morgan fingerprint density at radius 1 is 1.35 bits per heavy atom. The van der Waals surface area contributed by atoms with Crippen LogP contribution in [0.25, 0.3) is 0 Å². The molecule has 0 spiro atoms. The molecule has 1 atom stereocenters. The monoisotopic (exact) mass is 337 g/mol. The molecule has 1 saturated carbocycles. The second-order valence-electron chi connectivity index (χ2n) is 6.62. The first-order valence-corrected chi connectivity index (χ1v) is 9.91. The van der Waals surface area contributed by atoms with Crippen LogP contribution in [0.2, 0.25) is 0 Å². The zero-order valence-electron chi connectivity index (χ0n) is 13.4. The normalized spacial score (nSPS) is 24.7. The van der Waals surface area contributed by atoms with Crippen molar-refractivity contribution in [1.82, 2.24) is 5.32 Å². The summed E-state index contributed by atoms with van der Waals surface area (Å²) in [6.07, 6.45) is 3.28. The van der Waals surface area contributed by atoms with Crippen molar-refractivity contribution in [2.24, 2.45) is 5.92 Å². The molecule has 5 nitrogen and oxygen atoms in total. The molecule has 23 heavy (non-hydrogen) atoms. The molecule has 1 amide bonds. The van der Waals surface area contributed by atoms with Gasteiger partial charge >= 0.3 is 0 Å². The standard InChI is InChI=1S/C17H23NO4S/c1-22-15-6-3-2-5-14(15)17(8-4-9-17)16(19)18-11-13-7-10-23(20,21)12-13/h2-3,5-6,13H,4,7-12H2,1H3,(H,18,19). The lowest BCUT2D eigenvalue weighted by molar-refractivity contribution is -0.130. The molecule has 3 rings (SSSR count). The molecule has 1 unspecified atom stereocenters. The van der Waals surface area contributed by atoms with Crippen LogP contribution in [0.15, 0.2) is 24.3 Å². The molecule has 0 aromatic heterocycles. The van der Waals surface area contributed by atoms with Crippen molar-refractivity contribution in [3.05, 3.63) is 29.8 Å². The fraction of sp³-hybridized carbons (Fsp3) is 0.588. The molecule has 2 fully saturated rings. The minimum Gasteiger partial charge on any atom is -0.496 e. The van der Waals surface area contributed by atoms with Gasteiger partial charge in [-0.25, -0.2) is 8.42 Å². The SMILES string of the molecule is COc1ccccc1C1(C(=O)NCC2CCS(=O)(=O)C2)CCC1. The van der Waals surface area contributed by atoms with Crippen molar-refractivity contribution in [2.75, 3.05) is 25.2 Å². The maximum absolute atomic E-state index is 12.8. The summed E-state index contributed by atoms with van der Waals surface area (Å²) in [4.78, 5) is 12.8.